The lowest BCUT2D eigenvalue weighted by Gasteiger charge is -2.18. The van der Waals surface area contributed by atoms with Crippen molar-refractivity contribution in [2.45, 2.75) is 32.2 Å². The third-order valence-corrected chi connectivity index (χ3v) is 5.51. The average molecular weight is 365 g/mol. The van der Waals surface area contributed by atoms with E-state index in [2.05, 4.69) is 4.99 Å². The van der Waals surface area contributed by atoms with E-state index < -0.39 is 11.6 Å². The molecular formula is C21H17F2N3O. The SMILES string of the molecule is Cc1c(-c2cc(F)c(N)cc2F)ccc2c3c(c(=O)n(C4CC4)c12)N=CC3. The Morgan fingerprint density at radius 2 is 1.93 bits per heavy atom. The molecule has 3 aromatic rings. The third kappa shape index (κ3) is 2.25. The van der Waals surface area contributed by atoms with Gasteiger partial charge < -0.3 is 10.3 Å². The van der Waals surface area contributed by atoms with Crippen molar-refractivity contribution in [2.75, 3.05) is 5.73 Å². The zero-order chi connectivity index (χ0) is 18.9. The molecule has 2 aromatic carbocycles. The van der Waals surface area contributed by atoms with Crippen molar-refractivity contribution >= 4 is 28.5 Å². The molecule has 2 heterocycles. The zero-order valence-corrected chi connectivity index (χ0v) is 14.7. The van der Waals surface area contributed by atoms with Crippen LogP contribution in [-0.4, -0.2) is 10.8 Å². The molecule has 2 aliphatic rings. The number of benzene rings is 2. The van der Waals surface area contributed by atoms with Crippen LogP contribution in [0.15, 0.2) is 34.1 Å². The van der Waals surface area contributed by atoms with E-state index in [0.29, 0.717) is 17.7 Å². The number of anilines is 1. The molecule has 0 unspecified atom stereocenters. The summed E-state index contributed by atoms with van der Waals surface area (Å²) in [5, 5.41) is 0.951. The Morgan fingerprint density at radius 1 is 1.15 bits per heavy atom. The maximum absolute atomic E-state index is 14.5. The van der Waals surface area contributed by atoms with E-state index in [-0.39, 0.29) is 22.9 Å². The van der Waals surface area contributed by atoms with E-state index in [1.807, 2.05) is 13.0 Å². The second-order valence-corrected chi connectivity index (χ2v) is 7.24. The second-order valence-electron chi connectivity index (χ2n) is 7.24. The lowest BCUT2D eigenvalue weighted by Crippen LogP contribution is -2.21. The first-order valence-corrected chi connectivity index (χ1v) is 8.95. The molecule has 6 heteroatoms. The number of hydrogen-bond acceptors (Lipinski definition) is 3. The summed E-state index contributed by atoms with van der Waals surface area (Å²) < 4.78 is 30.3. The maximum atomic E-state index is 14.5. The molecule has 1 saturated carbocycles. The summed E-state index contributed by atoms with van der Waals surface area (Å²) in [6, 6.07) is 5.93. The molecule has 0 radical (unpaired) electrons. The quantitative estimate of drug-likeness (QED) is 0.683. The van der Waals surface area contributed by atoms with Crippen LogP contribution in [0.2, 0.25) is 0 Å². The van der Waals surface area contributed by atoms with Crippen molar-refractivity contribution < 1.29 is 8.78 Å². The van der Waals surface area contributed by atoms with Gasteiger partial charge in [-0.2, -0.15) is 0 Å². The van der Waals surface area contributed by atoms with Crippen LogP contribution in [0, 0.1) is 18.6 Å². The van der Waals surface area contributed by atoms with Gasteiger partial charge in [0.2, 0.25) is 0 Å². The second kappa shape index (κ2) is 5.49. The molecule has 27 heavy (non-hydrogen) atoms. The number of pyridine rings is 1. The highest BCUT2D eigenvalue weighted by atomic mass is 19.1. The molecule has 2 N–H and O–H groups in total. The lowest BCUT2D eigenvalue weighted by molar-refractivity contribution is 0.607. The predicted molar refractivity (Wildman–Crippen MR) is 103 cm³/mol. The Hall–Kier alpha value is -3.02. The molecule has 0 amide bonds. The smallest absolute Gasteiger partial charge is 0.277 e. The van der Waals surface area contributed by atoms with Crippen molar-refractivity contribution in [3.05, 3.63) is 57.4 Å². The molecule has 1 aliphatic heterocycles. The van der Waals surface area contributed by atoms with Gasteiger partial charge in [0.05, 0.1) is 11.2 Å². The molecule has 1 fully saturated rings. The largest absolute Gasteiger partial charge is 0.396 e. The van der Waals surface area contributed by atoms with Crippen molar-refractivity contribution in [1.29, 1.82) is 0 Å². The molecule has 136 valence electrons. The number of nitrogens with two attached hydrogens (primary N) is 1. The Labute approximate surface area is 154 Å². The van der Waals surface area contributed by atoms with Gasteiger partial charge in [0.1, 0.15) is 17.3 Å². The summed E-state index contributed by atoms with van der Waals surface area (Å²) >= 11 is 0. The molecule has 0 atom stereocenters. The fraction of sp³-hybridized carbons (Fsp3) is 0.238. The minimum atomic E-state index is -0.659. The minimum Gasteiger partial charge on any atom is -0.396 e. The lowest BCUT2D eigenvalue weighted by atomic mass is 9.94. The van der Waals surface area contributed by atoms with Gasteiger partial charge in [-0.25, -0.2) is 8.78 Å². The highest BCUT2D eigenvalue weighted by Crippen LogP contribution is 2.42. The van der Waals surface area contributed by atoms with Crippen LogP contribution in [0.3, 0.4) is 0 Å². The van der Waals surface area contributed by atoms with Crippen LogP contribution < -0.4 is 11.3 Å². The van der Waals surface area contributed by atoms with Gasteiger partial charge in [-0.1, -0.05) is 12.1 Å². The molecule has 0 saturated heterocycles. The number of aromatic nitrogens is 1. The molecule has 1 aliphatic carbocycles. The Bertz CT molecular complexity index is 1220. The van der Waals surface area contributed by atoms with Gasteiger partial charge in [0.15, 0.2) is 0 Å². The van der Waals surface area contributed by atoms with E-state index in [9.17, 15) is 13.6 Å². The van der Waals surface area contributed by atoms with E-state index in [1.54, 1.807) is 16.8 Å². The highest BCUT2D eigenvalue weighted by Gasteiger charge is 2.31. The monoisotopic (exact) mass is 365 g/mol. The van der Waals surface area contributed by atoms with Gasteiger partial charge in [-0.3, -0.25) is 9.79 Å². The molecule has 0 bridgehead atoms. The molecule has 4 nitrogen and oxygen atoms in total. The predicted octanol–water partition coefficient (Wildman–Crippen LogP) is 4.43. The van der Waals surface area contributed by atoms with Crippen molar-refractivity contribution in [2.24, 2.45) is 4.99 Å². The standard InChI is InChI=1S/C21H17F2N3O/c1-10-12(15-8-17(23)18(24)9-16(15)22)4-5-14-13-6-7-25-19(13)21(27)26(20(10)14)11-2-3-11/h4-5,7-9,11H,2-3,6,24H2,1H3. The van der Waals surface area contributed by atoms with E-state index in [0.717, 1.165) is 47.0 Å². The summed E-state index contributed by atoms with van der Waals surface area (Å²) in [6.07, 6.45) is 4.23. The van der Waals surface area contributed by atoms with Crippen LogP contribution >= 0.6 is 0 Å². The van der Waals surface area contributed by atoms with Crippen molar-refractivity contribution in [1.82, 2.24) is 4.57 Å². The summed E-state index contributed by atoms with van der Waals surface area (Å²) in [6.45, 7) is 1.85. The summed E-state index contributed by atoms with van der Waals surface area (Å²) in [5.74, 6) is -1.24. The highest BCUT2D eigenvalue weighted by molar-refractivity contribution is 5.97. The fourth-order valence-corrected chi connectivity index (χ4v) is 4.04. The Kier molecular flexibility index (Phi) is 3.29. The molecule has 1 aromatic heterocycles. The van der Waals surface area contributed by atoms with Crippen LogP contribution in [0.25, 0.3) is 22.0 Å². The van der Waals surface area contributed by atoms with Gasteiger partial charge in [0.25, 0.3) is 5.56 Å². The van der Waals surface area contributed by atoms with Gasteiger partial charge in [0, 0.05) is 35.7 Å². The van der Waals surface area contributed by atoms with Crippen LogP contribution in [0.1, 0.15) is 30.0 Å². The van der Waals surface area contributed by atoms with Crippen LogP contribution in [-0.2, 0) is 6.42 Å². The number of nitrogen functional groups attached to an aromatic ring is 1. The summed E-state index contributed by atoms with van der Waals surface area (Å²) in [5.41, 5.74) is 8.83. The minimum absolute atomic E-state index is 0.0991. The Morgan fingerprint density at radius 3 is 2.67 bits per heavy atom. The summed E-state index contributed by atoms with van der Waals surface area (Å²) in [4.78, 5) is 17.3. The first kappa shape index (κ1) is 16.2. The normalized spacial score (nSPS) is 15.5. The fourth-order valence-electron chi connectivity index (χ4n) is 4.04. The van der Waals surface area contributed by atoms with E-state index in [4.69, 9.17) is 5.73 Å². The van der Waals surface area contributed by atoms with Crippen molar-refractivity contribution in [3.63, 3.8) is 0 Å². The number of fused-ring (bicyclic) bond motifs is 3. The number of aryl methyl sites for hydroxylation is 1. The third-order valence-electron chi connectivity index (χ3n) is 5.51. The van der Waals surface area contributed by atoms with Gasteiger partial charge >= 0.3 is 0 Å². The number of hydrogen-bond donors (Lipinski definition) is 1. The number of nitrogens with zero attached hydrogens (tertiary/aromatic N) is 2. The van der Waals surface area contributed by atoms with E-state index in [1.165, 1.54) is 0 Å². The number of rotatable bonds is 2. The van der Waals surface area contributed by atoms with Crippen LogP contribution in [0.5, 0.6) is 0 Å². The zero-order valence-electron chi connectivity index (χ0n) is 14.7. The topological polar surface area (TPSA) is 60.4 Å². The average Bonchev–Trinajstić information content (AvgIpc) is 3.34. The van der Waals surface area contributed by atoms with Gasteiger partial charge in [-0.05, 0) is 42.5 Å². The number of aliphatic imine (C=N–C) groups is 1. The first-order valence-electron chi connectivity index (χ1n) is 8.95. The van der Waals surface area contributed by atoms with E-state index >= 15 is 0 Å². The molecule has 5 rings (SSSR count). The first-order chi connectivity index (χ1) is 13.0. The number of halogens is 2. The van der Waals surface area contributed by atoms with Crippen LogP contribution in [0.4, 0.5) is 20.2 Å². The summed E-state index contributed by atoms with van der Waals surface area (Å²) in [7, 11) is 0. The molecular weight excluding hydrogens is 348 g/mol. The maximum Gasteiger partial charge on any atom is 0.277 e. The van der Waals surface area contributed by atoms with Crippen molar-refractivity contribution in [3.8, 4) is 11.1 Å². The molecule has 0 spiro atoms. The van der Waals surface area contributed by atoms with Gasteiger partial charge in [-0.15, -0.1) is 0 Å². The Balaban J connectivity index is 1.88.